The van der Waals surface area contributed by atoms with Crippen LogP contribution in [0.3, 0.4) is 0 Å². The Labute approximate surface area is 311 Å². The first kappa shape index (κ1) is 31.3. The lowest BCUT2D eigenvalue weighted by atomic mass is 9.92. The van der Waals surface area contributed by atoms with Crippen molar-refractivity contribution in [3.63, 3.8) is 0 Å². The summed E-state index contributed by atoms with van der Waals surface area (Å²) in [6.45, 7) is 0. The predicted molar refractivity (Wildman–Crippen MR) is 218 cm³/mol. The number of rotatable bonds is 6. The number of fused-ring (bicyclic) bond motifs is 4. The second kappa shape index (κ2) is 13.3. The smallest absolute Gasteiger partial charge is 0.164 e. The molecule has 0 N–H and O–H groups in total. The van der Waals surface area contributed by atoms with Crippen LogP contribution in [0.2, 0.25) is 0 Å². The molecule has 10 aromatic rings. The Morgan fingerprint density at radius 1 is 0.352 bits per heavy atom. The Bertz CT molecular complexity index is 2920. The van der Waals surface area contributed by atoms with Crippen molar-refractivity contribution in [3.8, 4) is 67.7 Å². The van der Waals surface area contributed by atoms with Crippen molar-refractivity contribution >= 4 is 32.6 Å². The predicted octanol–water partition coefficient (Wildman–Crippen LogP) is 11.5. The van der Waals surface area contributed by atoms with Crippen molar-refractivity contribution in [2.75, 3.05) is 0 Å². The summed E-state index contributed by atoms with van der Waals surface area (Å²) in [6.07, 6.45) is 5.48. The first-order chi connectivity index (χ1) is 26.7. The van der Waals surface area contributed by atoms with Crippen LogP contribution in [0.1, 0.15) is 0 Å². The molecule has 6 aromatic carbocycles. The van der Waals surface area contributed by atoms with E-state index in [0.29, 0.717) is 17.5 Å². The summed E-state index contributed by atoms with van der Waals surface area (Å²) in [6, 6.07) is 56.4. The molecule has 54 heavy (non-hydrogen) atoms. The summed E-state index contributed by atoms with van der Waals surface area (Å²) in [4.78, 5) is 29.2. The minimum atomic E-state index is 0.608. The molecule has 0 saturated heterocycles. The van der Waals surface area contributed by atoms with Crippen molar-refractivity contribution < 1.29 is 0 Å². The molecule has 0 aliphatic heterocycles. The molecule has 0 atom stereocenters. The molecule has 0 aliphatic carbocycles. The van der Waals surface area contributed by atoms with Crippen LogP contribution >= 0.6 is 0 Å². The highest BCUT2D eigenvalue weighted by atomic mass is 15.0. The van der Waals surface area contributed by atoms with E-state index < -0.39 is 0 Å². The molecular formula is C48H30N6. The number of hydrogen-bond donors (Lipinski definition) is 0. The third-order valence-electron chi connectivity index (χ3n) is 9.83. The van der Waals surface area contributed by atoms with Crippen LogP contribution in [0.4, 0.5) is 0 Å². The van der Waals surface area contributed by atoms with Gasteiger partial charge in [-0.2, -0.15) is 0 Å². The van der Waals surface area contributed by atoms with E-state index in [1.54, 1.807) is 6.20 Å². The molecule has 252 valence electrons. The first-order valence-corrected chi connectivity index (χ1v) is 17.8. The minimum absolute atomic E-state index is 0.608. The van der Waals surface area contributed by atoms with E-state index in [1.807, 2.05) is 91.3 Å². The van der Waals surface area contributed by atoms with Gasteiger partial charge < -0.3 is 0 Å². The van der Waals surface area contributed by atoms with Gasteiger partial charge in [-0.25, -0.2) is 19.9 Å². The van der Waals surface area contributed by atoms with Crippen molar-refractivity contribution in [2.24, 2.45) is 0 Å². The fourth-order valence-corrected chi connectivity index (χ4v) is 7.20. The second-order valence-corrected chi connectivity index (χ2v) is 13.2. The Morgan fingerprint density at radius 3 is 1.74 bits per heavy atom. The lowest BCUT2D eigenvalue weighted by Gasteiger charge is -2.14. The monoisotopic (exact) mass is 690 g/mol. The van der Waals surface area contributed by atoms with E-state index in [-0.39, 0.29) is 0 Å². The standard InChI is InChI=1S/C48H30N6/c1-3-12-34(13-4-1)46-52-47(35-14-5-2-6-15-35)54-48(53-46)38-28-36(27-37(29-38)40-18-9-16-32-11-7-8-17-39(32)40)31-20-22-33(23-21-31)44-41-24-26-49-30-42(41)45-43(51-44)19-10-25-50-45/h1-30H. The number of hydrogen-bond acceptors (Lipinski definition) is 6. The van der Waals surface area contributed by atoms with Gasteiger partial charge in [-0.3, -0.25) is 9.97 Å². The first-order valence-electron chi connectivity index (χ1n) is 17.8. The number of nitrogens with zero attached hydrogens (tertiary/aromatic N) is 6. The quantitative estimate of drug-likeness (QED) is 0.162. The third kappa shape index (κ3) is 5.72. The molecule has 6 heteroatoms. The number of aromatic nitrogens is 6. The van der Waals surface area contributed by atoms with Crippen LogP contribution < -0.4 is 0 Å². The molecule has 4 heterocycles. The molecular weight excluding hydrogens is 661 g/mol. The van der Waals surface area contributed by atoms with Crippen LogP contribution in [-0.4, -0.2) is 29.9 Å². The summed E-state index contributed by atoms with van der Waals surface area (Å²) >= 11 is 0. The maximum atomic E-state index is 5.10. The van der Waals surface area contributed by atoms with E-state index in [2.05, 4.69) is 94.9 Å². The summed E-state index contributed by atoms with van der Waals surface area (Å²) in [5.74, 6) is 1.86. The summed E-state index contributed by atoms with van der Waals surface area (Å²) < 4.78 is 0. The van der Waals surface area contributed by atoms with Gasteiger partial charge in [0.25, 0.3) is 0 Å². The van der Waals surface area contributed by atoms with Crippen LogP contribution in [-0.2, 0) is 0 Å². The average molecular weight is 691 g/mol. The van der Waals surface area contributed by atoms with Crippen molar-refractivity contribution in [1.82, 2.24) is 29.9 Å². The summed E-state index contributed by atoms with van der Waals surface area (Å²) in [7, 11) is 0. The highest BCUT2D eigenvalue weighted by molar-refractivity contribution is 6.08. The molecule has 6 nitrogen and oxygen atoms in total. The normalized spacial score (nSPS) is 11.3. The van der Waals surface area contributed by atoms with Gasteiger partial charge in [0.1, 0.15) is 0 Å². The molecule has 0 bridgehead atoms. The van der Waals surface area contributed by atoms with Gasteiger partial charge in [0.05, 0.1) is 16.7 Å². The summed E-state index contributed by atoms with van der Waals surface area (Å²) in [5, 5.41) is 4.37. The van der Waals surface area contributed by atoms with Crippen molar-refractivity contribution in [1.29, 1.82) is 0 Å². The molecule has 0 radical (unpaired) electrons. The van der Waals surface area contributed by atoms with E-state index in [0.717, 1.165) is 72.0 Å². The van der Waals surface area contributed by atoms with Crippen LogP contribution in [0, 0.1) is 0 Å². The third-order valence-corrected chi connectivity index (χ3v) is 9.83. The lowest BCUT2D eigenvalue weighted by Crippen LogP contribution is -2.00. The zero-order chi connectivity index (χ0) is 35.8. The molecule has 10 rings (SSSR count). The second-order valence-electron chi connectivity index (χ2n) is 13.2. The largest absolute Gasteiger partial charge is 0.264 e. The van der Waals surface area contributed by atoms with Crippen molar-refractivity contribution in [3.05, 3.63) is 182 Å². The van der Waals surface area contributed by atoms with Crippen LogP contribution in [0.5, 0.6) is 0 Å². The zero-order valence-electron chi connectivity index (χ0n) is 29.0. The SMILES string of the molecule is c1ccc(-c2nc(-c3ccccc3)nc(-c3cc(-c4ccc(-c5nc6cccnc6c6cnccc56)cc4)cc(-c4cccc5ccccc45)c3)n2)cc1. The van der Waals surface area contributed by atoms with Gasteiger partial charge >= 0.3 is 0 Å². The fraction of sp³-hybridized carbons (Fsp3) is 0. The number of benzene rings is 6. The van der Waals surface area contributed by atoms with Gasteiger partial charge in [0, 0.05) is 51.6 Å². The Kier molecular flexibility index (Phi) is 7.69. The summed E-state index contributed by atoms with van der Waals surface area (Å²) in [5.41, 5.74) is 10.7. The fourth-order valence-electron chi connectivity index (χ4n) is 7.20. The van der Waals surface area contributed by atoms with Gasteiger partial charge in [-0.15, -0.1) is 0 Å². The van der Waals surface area contributed by atoms with E-state index in [9.17, 15) is 0 Å². The van der Waals surface area contributed by atoms with E-state index in [1.165, 1.54) is 10.8 Å². The van der Waals surface area contributed by atoms with Crippen LogP contribution in [0.25, 0.3) is 100 Å². The molecule has 0 aliphatic rings. The van der Waals surface area contributed by atoms with E-state index >= 15 is 0 Å². The highest BCUT2D eigenvalue weighted by Gasteiger charge is 2.17. The minimum Gasteiger partial charge on any atom is -0.264 e. The molecule has 4 aromatic heterocycles. The lowest BCUT2D eigenvalue weighted by molar-refractivity contribution is 1.07. The zero-order valence-corrected chi connectivity index (χ0v) is 29.0. The number of pyridine rings is 3. The van der Waals surface area contributed by atoms with Crippen LogP contribution in [0.15, 0.2) is 182 Å². The van der Waals surface area contributed by atoms with E-state index in [4.69, 9.17) is 19.9 Å². The Morgan fingerprint density at radius 2 is 0.981 bits per heavy atom. The molecule has 0 saturated carbocycles. The van der Waals surface area contributed by atoms with Gasteiger partial charge in [0.15, 0.2) is 17.5 Å². The maximum absolute atomic E-state index is 5.10. The molecule has 0 fully saturated rings. The van der Waals surface area contributed by atoms with Gasteiger partial charge in [-0.1, -0.05) is 127 Å². The van der Waals surface area contributed by atoms with Crippen molar-refractivity contribution in [2.45, 2.75) is 0 Å². The Balaban J connectivity index is 1.16. The molecule has 0 amide bonds. The average Bonchev–Trinajstić information content (AvgIpc) is 3.26. The topological polar surface area (TPSA) is 77.3 Å². The Hall–Kier alpha value is -7.44. The highest BCUT2D eigenvalue weighted by Crippen LogP contribution is 2.37. The molecule has 0 unspecified atom stereocenters. The van der Waals surface area contributed by atoms with Gasteiger partial charge in [0.2, 0.25) is 0 Å². The van der Waals surface area contributed by atoms with Gasteiger partial charge in [-0.05, 0) is 69.4 Å². The maximum Gasteiger partial charge on any atom is 0.164 e. The molecule has 0 spiro atoms.